The molecular weight excluding hydrogens is 222 g/mol. The van der Waals surface area contributed by atoms with Gasteiger partial charge in [0.25, 0.3) is 0 Å². The summed E-state index contributed by atoms with van der Waals surface area (Å²) in [5.74, 6) is 1.98. The molecule has 3 heteroatoms. The lowest BCUT2D eigenvalue weighted by atomic mass is 10.1. The van der Waals surface area contributed by atoms with Crippen LogP contribution in [0.25, 0.3) is 0 Å². The fourth-order valence-electron chi connectivity index (χ4n) is 3.05. The maximum Gasteiger partial charge on any atom is 0.133 e. The predicted octanol–water partition coefficient (Wildman–Crippen LogP) is 2.26. The summed E-state index contributed by atoms with van der Waals surface area (Å²) in [6.07, 6.45) is 6.30. The number of pyridine rings is 1. The maximum atomic E-state index is 5.91. The topological polar surface area (TPSA) is 42.2 Å². The van der Waals surface area contributed by atoms with Crippen LogP contribution in [0.3, 0.4) is 0 Å². The third-order valence-electron chi connectivity index (χ3n) is 4.58. The van der Waals surface area contributed by atoms with E-state index in [1.165, 1.54) is 42.5 Å². The summed E-state index contributed by atoms with van der Waals surface area (Å²) < 4.78 is 0. The van der Waals surface area contributed by atoms with Crippen molar-refractivity contribution in [2.24, 2.45) is 11.7 Å². The Labute approximate surface area is 109 Å². The normalized spacial score (nSPS) is 19.7. The second kappa shape index (κ2) is 4.54. The largest absolute Gasteiger partial charge is 0.356 e. The molecule has 1 aromatic rings. The van der Waals surface area contributed by atoms with Crippen molar-refractivity contribution in [1.29, 1.82) is 0 Å². The zero-order valence-corrected chi connectivity index (χ0v) is 11.4. The van der Waals surface area contributed by atoms with Gasteiger partial charge in [0.2, 0.25) is 0 Å². The van der Waals surface area contributed by atoms with E-state index in [4.69, 9.17) is 10.7 Å². The smallest absolute Gasteiger partial charge is 0.133 e. The minimum Gasteiger partial charge on any atom is -0.356 e. The molecule has 1 fully saturated rings. The second-order valence-corrected chi connectivity index (χ2v) is 5.82. The van der Waals surface area contributed by atoms with Gasteiger partial charge in [0.15, 0.2) is 0 Å². The lowest BCUT2D eigenvalue weighted by molar-refractivity contribution is 0.601. The predicted molar refractivity (Wildman–Crippen MR) is 74.7 cm³/mol. The van der Waals surface area contributed by atoms with Crippen LogP contribution in [0.5, 0.6) is 0 Å². The van der Waals surface area contributed by atoms with Crippen LogP contribution in [0.4, 0.5) is 5.82 Å². The van der Waals surface area contributed by atoms with Gasteiger partial charge in [0.05, 0.1) is 0 Å². The molecule has 0 saturated heterocycles. The second-order valence-electron chi connectivity index (χ2n) is 5.82. The number of anilines is 1. The van der Waals surface area contributed by atoms with Crippen molar-refractivity contribution in [2.75, 3.05) is 11.9 Å². The first-order valence-electron chi connectivity index (χ1n) is 7.15. The summed E-state index contributed by atoms with van der Waals surface area (Å²) >= 11 is 0. The Balaban J connectivity index is 1.94. The van der Waals surface area contributed by atoms with Gasteiger partial charge in [0.1, 0.15) is 5.82 Å². The van der Waals surface area contributed by atoms with Crippen molar-refractivity contribution in [3.8, 4) is 0 Å². The maximum absolute atomic E-state index is 5.91. The van der Waals surface area contributed by atoms with Gasteiger partial charge in [-0.05, 0) is 56.6 Å². The van der Waals surface area contributed by atoms with Crippen LogP contribution in [0.2, 0.25) is 0 Å². The van der Waals surface area contributed by atoms with Gasteiger partial charge in [-0.3, -0.25) is 0 Å². The molecule has 1 heterocycles. The average molecular weight is 245 g/mol. The van der Waals surface area contributed by atoms with E-state index in [1.54, 1.807) is 0 Å². The first-order chi connectivity index (χ1) is 8.70. The Hall–Kier alpha value is -1.09. The number of nitrogens with zero attached hydrogens (tertiary/aromatic N) is 2. The summed E-state index contributed by atoms with van der Waals surface area (Å²) in [5, 5.41) is 0. The van der Waals surface area contributed by atoms with E-state index in [0.29, 0.717) is 12.6 Å². The molecular formula is C15H23N3. The number of rotatable bonds is 4. The molecule has 1 atom stereocenters. The number of nitrogens with two attached hydrogens (primary N) is 1. The van der Waals surface area contributed by atoms with Gasteiger partial charge in [-0.2, -0.15) is 0 Å². The Morgan fingerprint density at radius 2 is 2.22 bits per heavy atom. The van der Waals surface area contributed by atoms with Gasteiger partial charge in [-0.15, -0.1) is 0 Å². The van der Waals surface area contributed by atoms with E-state index in [9.17, 15) is 0 Å². The molecule has 0 amide bonds. The molecule has 0 aliphatic heterocycles. The molecule has 3 rings (SSSR count). The molecule has 0 bridgehead atoms. The molecule has 2 aliphatic carbocycles. The van der Waals surface area contributed by atoms with Crippen molar-refractivity contribution >= 4 is 5.82 Å². The molecule has 0 aromatic carbocycles. The fraction of sp³-hybridized carbons (Fsp3) is 0.667. The quantitative estimate of drug-likeness (QED) is 0.884. The highest BCUT2D eigenvalue weighted by molar-refractivity contribution is 5.51. The minimum atomic E-state index is 0.585. The number of aromatic nitrogens is 1. The molecule has 1 saturated carbocycles. The van der Waals surface area contributed by atoms with Gasteiger partial charge in [0, 0.05) is 30.9 Å². The number of hydrogen-bond donors (Lipinski definition) is 1. The van der Waals surface area contributed by atoms with E-state index in [-0.39, 0.29) is 0 Å². The van der Waals surface area contributed by atoms with E-state index in [0.717, 1.165) is 18.2 Å². The lowest BCUT2D eigenvalue weighted by Crippen LogP contribution is -2.32. The molecule has 98 valence electrons. The highest BCUT2D eigenvalue weighted by Gasteiger charge is 2.32. The molecule has 3 nitrogen and oxygen atoms in total. The Morgan fingerprint density at radius 3 is 2.89 bits per heavy atom. The van der Waals surface area contributed by atoms with Crippen LogP contribution in [-0.2, 0) is 19.4 Å². The molecule has 2 aliphatic rings. The van der Waals surface area contributed by atoms with E-state index < -0.39 is 0 Å². The lowest BCUT2D eigenvalue weighted by Gasteiger charge is -2.28. The number of hydrogen-bond acceptors (Lipinski definition) is 3. The van der Waals surface area contributed by atoms with Crippen molar-refractivity contribution < 1.29 is 0 Å². The van der Waals surface area contributed by atoms with E-state index in [2.05, 4.69) is 24.9 Å². The summed E-state index contributed by atoms with van der Waals surface area (Å²) in [5.41, 5.74) is 9.85. The minimum absolute atomic E-state index is 0.585. The van der Waals surface area contributed by atoms with Crippen molar-refractivity contribution in [1.82, 2.24) is 4.98 Å². The molecule has 18 heavy (non-hydrogen) atoms. The van der Waals surface area contributed by atoms with Crippen LogP contribution in [0.15, 0.2) is 6.07 Å². The highest BCUT2D eigenvalue weighted by Crippen LogP contribution is 2.37. The first-order valence-corrected chi connectivity index (χ1v) is 7.15. The van der Waals surface area contributed by atoms with Gasteiger partial charge < -0.3 is 10.6 Å². The average Bonchev–Trinajstić information content (AvgIpc) is 3.14. The molecule has 1 aromatic heterocycles. The third kappa shape index (κ3) is 2.01. The number of aryl methyl sites for hydroxylation is 2. The van der Waals surface area contributed by atoms with Crippen LogP contribution >= 0.6 is 0 Å². The summed E-state index contributed by atoms with van der Waals surface area (Å²) in [4.78, 5) is 7.25. The molecule has 0 spiro atoms. The van der Waals surface area contributed by atoms with Crippen molar-refractivity contribution in [3.63, 3.8) is 0 Å². The van der Waals surface area contributed by atoms with Crippen molar-refractivity contribution in [2.45, 2.75) is 51.6 Å². The van der Waals surface area contributed by atoms with Crippen LogP contribution in [0.1, 0.15) is 43.0 Å². The Bertz CT molecular complexity index is 451. The van der Waals surface area contributed by atoms with Crippen LogP contribution in [-0.4, -0.2) is 18.1 Å². The number of fused-ring (bicyclic) bond motifs is 1. The molecule has 0 radical (unpaired) electrons. The van der Waals surface area contributed by atoms with Crippen LogP contribution in [0, 0.1) is 5.92 Å². The molecule has 1 unspecified atom stereocenters. The summed E-state index contributed by atoms with van der Waals surface area (Å²) in [6, 6.07) is 2.88. The van der Waals surface area contributed by atoms with E-state index >= 15 is 0 Å². The zero-order chi connectivity index (χ0) is 12.7. The standard InChI is InChI=1S/C15H23N3/c1-10(11-6-7-11)18(2)15-13(9-16)8-12-4-3-5-14(12)17-15/h8,10-11H,3-7,9,16H2,1-2H3. The Morgan fingerprint density at radius 1 is 1.44 bits per heavy atom. The Kier molecular flexibility index (Phi) is 3.02. The molecule has 2 N–H and O–H groups in total. The van der Waals surface area contributed by atoms with Crippen molar-refractivity contribution in [3.05, 3.63) is 22.9 Å². The van der Waals surface area contributed by atoms with Gasteiger partial charge in [-0.1, -0.05) is 0 Å². The highest BCUT2D eigenvalue weighted by atomic mass is 15.2. The van der Waals surface area contributed by atoms with Gasteiger partial charge in [-0.25, -0.2) is 4.98 Å². The zero-order valence-electron chi connectivity index (χ0n) is 11.4. The first kappa shape index (κ1) is 12.0. The summed E-state index contributed by atoms with van der Waals surface area (Å²) in [7, 11) is 2.17. The van der Waals surface area contributed by atoms with Crippen LogP contribution < -0.4 is 10.6 Å². The fourth-order valence-corrected chi connectivity index (χ4v) is 3.05. The van der Waals surface area contributed by atoms with E-state index in [1.807, 2.05) is 0 Å². The summed E-state index contributed by atoms with van der Waals surface area (Å²) in [6.45, 7) is 2.91. The SMILES string of the molecule is CC(C1CC1)N(C)c1nc2c(cc1CN)CCC2. The monoisotopic (exact) mass is 245 g/mol. The third-order valence-corrected chi connectivity index (χ3v) is 4.58. The van der Waals surface area contributed by atoms with Gasteiger partial charge >= 0.3 is 0 Å².